The van der Waals surface area contributed by atoms with Crippen molar-refractivity contribution >= 4 is 33.2 Å². The molecule has 4 nitrogen and oxygen atoms in total. The van der Waals surface area contributed by atoms with E-state index in [-0.39, 0.29) is 10.8 Å². The van der Waals surface area contributed by atoms with Gasteiger partial charge >= 0.3 is 4.87 Å². The summed E-state index contributed by atoms with van der Waals surface area (Å²) in [5, 5.41) is 4.48. The summed E-state index contributed by atoms with van der Waals surface area (Å²) < 4.78 is 0.863. The Labute approximate surface area is 116 Å². The molecule has 0 aliphatic rings. The Morgan fingerprint density at radius 2 is 2.28 bits per heavy atom. The highest BCUT2D eigenvalue weighted by molar-refractivity contribution is 9.10. The van der Waals surface area contributed by atoms with Crippen LogP contribution in [-0.4, -0.2) is 10.9 Å². The minimum atomic E-state index is -0.152. The molecule has 0 atom stereocenters. The molecule has 0 saturated carbocycles. The molecule has 0 radical (unpaired) electrons. The molecule has 2 aromatic rings. The number of amides is 1. The van der Waals surface area contributed by atoms with Crippen LogP contribution in [0.4, 0.5) is 0 Å². The third-order valence-corrected chi connectivity index (χ3v) is 3.67. The van der Waals surface area contributed by atoms with Crippen LogP contribution < -0.4 is 10.2 Å². The van der Waals surface area contributed by atoms with E-state index in [4.69, 9.17) is 0 Å². The highest BCUT2D eigenvalue weighted by atomic mass is 79.9. The molecule has 0 spiro atoms. The smallest absolute Gasteiger partial charge is 0.304 e. The molecule has 0 aliphatic carbocycles. The van der Waals surface area contributed by atoms with Gasteiger partial charge in [0.2, 0.25) is 0 Å². The van der Waals surface area contributed by atoms with Gasteiger partial charge in [-0.1, -0.05) is 33.3 Å². The molecule has 1 aromatic heterocycles. The predicted octanol–water partition coefficient (Wildman–Crippen LogP) is 2.44. The minimum Gasteiger partial charge on any atom is -0.346 e. The quantitative estimate of drug-likeness (QED) is 0.910. The van der Waals surface area contributed by atoms with E-state index in [1.165, 1.54) is 0 Å². The van der Waals surface area contributed by atoms with Crippen molar-refractivity contribution in [2.75, 3.05) is 0 Å². The van der Waals surface area contributed by atoms with Crippen LogP contribution in [0.15, 0.2) is 32.8 Å². The Hall–Kier alpha value is -1.40. The first-order valence-corrected chi connectivity index (χ1v) is 6.94. The van der Waals surface area contributed by atoms with Gasteiger partial charge in [0.25, 0.3) is 5.91 Å². The summed E-state index contributed by atoms with van der Waals surface area (Å²) in [7, 11) is 0. The number of aromatic nitrogens is 1. The predicted molar refractivity (Wildman–Crippen MR) is 75.0 cm³/mol. The van der Waals surface area contributed by atoms with Crippen molar-refractivity contribution in [1.82, 2.24) is 10.3 Å². The lowest BCUT2D eigenvalue weighted by Crippen LogP contribution is -2.24. The average molecular weight is 327 g/mol. The molecule has 0 saturated heterocycles. The number of aromatic amines is 1. The maximum Gasteiger partial charge on any atom is 0.304 e. The van der Waals surface area contributed by atoms with E-state index in [1.54, 1.807) is 11.4 Å². The number of aryl methyl sites for hydroxylation is 1. The van der Waals surface area contributed by atoms with Crippen molar-refractivity contribution in [3.05, 3.63) is 54.5 Å². The first-order chi connectivity index (χ1) is 8.56. The lowest BCUT2D eigenvalue weighted by Gasteiger charge is -2.07. The number of hydrogen-bond donors (Lipinski definition) is 2. The fraction of sp³-hybridized carbons (Fsp3) is 0.167. The van der Waals surface area contributed by atoms with Gasteiger partial charge in [-0.15, -0.1) is 0 Å². The Kier molecular flexibility index (Phi) is 3.98. The van der Waals surface area contributed by atoms with Crippen LogP contribution in [0.2, 0.25) is 0 Å². The summed E-state index contributed by atoms with van der Waals surface area (Å²) >= 11 is 4.43. The second kappa shape index (κ2) is 5.49. The zero-order valence-corrected chi connectivity index (χ0v) is 12.0. The van der Waals surface area contributed by atoms with Gasteiger partial charge < -0.3 is 10.3 Å². The van der Waals surface area contributed by atoms with Crippen molar-refractivity contribution in [2.45, 2.75) is 13.5 Å². The molecular weight excluding hydrogens is 316 g/mol. The highest BCUT2D eigenvalue weighted by Crippen LogP contribution is 2.16. The minimum absolute atomic E-state index is 0.113. The number of thiazole rings is 1. The Balaban J connectivity index is 2.08. The van der Waals surface area contributed by atoms with Crippen LogP contribution in [0.3, 0.4) is 0 Å². The molecule has 0 aliphatic heterocycles. The summed E-state index contributed by atoms with van der Waals surface area (Å²) in [4.78, 5) is 25.5. The van der Waals surface area contributed by atoms with E-state index in [1.807, 2.05) is 19.1 Å². The Morgan fingerprint density at radius 3 is 2.94 bits per heavy atom. The van der Waals surface area contributed by atoms with Crippen molar-refractivity contribution in [3.8, 4) is 0 Å². The third-order valence-electron chi connectivity index (χ3n) is 2.45. The molecule has 2 rings (SSSR count). The molecule has 2 N–H and O–H groups in total. The third kappa shape index (κ3) is 3.08. The van der Waals surface area contributed by atoms with E-state index in [2.05, 4.69) is 26.2 Å². The number of rotatable bonds is 3. The maximum absolute atomic E-state index is 12.0. The summed E-state index contributed by atoms with van der Waals surface area (Å²) in [5.41, 5.74) is 2.25. The lowest BCUT2D eigenvalue weighted by atomic mass is 10.1. The fourth-order valence-electron chi connectivity index (χ4n) is 1.51. The number of carbonyl (C=O) groups is 1. The van der Waals surface area contributed by atoms with Gasteiger partial charge in [0, 0.05) is 21.1 Å². The number of carbonyl (C=O) groups excluding carboxylic acids is 1. The first kappa shape index (κ1) is 13.0. The standard InChI is InChI=1S/C12H11BrN2O2S/c1-7-2-3-8(13)4-10(7)11(16)14-5-9-6-18-12(17)15-9/h2-4,6H,5H2,1H3,(H,14,16)(H,15,17). The fourth-order valence-corrected chi connectivity index (χ4v) is 2.45. The number of nitrogens with one attached hydrogen (secondary N) is 2. The van der Waals surface area contributed by atoms with Crippen LogP contribution in [0.1, 0.15) is 21.6 Å². The van der Waals surface area contributed by atoms with Crippen LogP contribution in [0, 0.1) is 6.92 Å². The maximum atomic E-state index is 12.0. The van der Waals surface area contributed by atoms with Crippen molar-refractivity contribution < 1.29 is 4.79 Å². The van der Waals surface area contributed by atoms with Crippen LogP contribution >= 0.6 is 27.3 Å². The lowest BCUT2D eigenvalue weighted by molar-refractivity contribution is 0.0950. The largest absolute Gasteiger partial charge is 0.346 e. The van der Waals surface area contributed by atoms with E-state index < -0.39 is 0 Å². The SMILES string of the molecule is Cc1ccc(Br)cc1C(=O)NCc1csc(=O)[nH]1. The first-order valence-electron chi connectivity index (χ1n) is 5.27. The molecule has 94 valence electrons. The topological polar surface area (TPSA) is 62.0 Å². The van der Waals surface area contributed by atoms with Gasteiger partial charge in [-0.25, -0.2) is 0 Å². The van der Waals surface area contributed by atoms with Crippen molar-refractivity contribution in [3.63, 3.8) is 0 Å². The van der Waals surface area contributed by atoms with Crippen LogP contribution in [0.25, 0.3) is 0 Å². The molecule has 1 amide bonds. The van der Waals surface area contributed by atoms with Gasteiger partial charge in [0.05, 0.1) is 6.54 Å². The highest BCUT2D eigenvalue weighted by Gasteiger charge is 2.09. The molecule has 1 aromatic carbocycles. The molecule has 6 heteroatoms. The number of halogens is 1. The number of hydrogen-bond acceptors (Lipinski definition) is 3. The zero-order chi connectivity index (χ0) is 13.1. The number of benzene rings is 1. The molecule has 1 heterocycles. The average Bonchev–Trinajstić information content (AvgIpc) is 2.75. The van der Waals surface area contributed by atoms with Gasteiger partial charge in [0.15, 0.2) is 0 Å². The van der Waals surface area contributed by atoms with Gasteiger partial charge in [-0.2, -0.15) is 0 Å². The summed E-state index contributed by atoms with van der Waals surface area (Å²) in [6.07, 6.45) is 0. The molecule has 0 unspecified atom stereocenters. The van der Waals surface area contributed by atoms with Gasteiger partial charge in [-0.3, -0.25) is 9.59 Å². The Morgan fingerprint density at radius 1 is 1.50 bits per heavy atom. The van der Waals surface area contributed by atoms with Crippen molar-refractivity contribution in [1.29, 1.82) is 0 Å². The normalized spacial score (nSPS) is 10.3. The summed E-state index contributed by atoms with van der Waals surface area (Å²) in [6.45, 7) is 2.21. The molecule has 0 fully saturated rings. The van der Waals surface area contributed by atoms with E-state index in [0.717, 1.165) is 21.4 Å². The van der Waals surface area contributed by atoms with Gasteiger partial charge in [-0.05, 0) is 24.6 Å². The monoisotopic (exact) mass is 326 g/mol. The summed E-state index contributed by atoms with van der Waals surface area (Å²) in [6, 6.07) is 5.55. The summed E-state index contributed by atoms with van der Waals surface area (Å²) in [5.74, 6) is -0.152. The van der Waals surface area contributed by atoms with E-state index >= 15 is 0 Å². The van der Waals surface area contributed by atoms with Crippen LogP contribution in [0.5, 0.6) is 0 Å². The zero-order valence-electron chi connectivity index (χ0n) is 9.62. The second-order valence-electron chi connectivity index (χ2n) is 3.82. The van der Waals surface area contributed by atoms with E-state index in [0.29, 0.717) is 17.8 Å². The van der Waals surface area contributed by atoms with Crippen LogP contribution in [-0.2, 0) is 6.54 Å². The Bertz CT molecular complexity index is 633. The molecule has 0 bridgehead atoms. The molecule has 18 heavy (non-hydrogen) atoms. The number of H-pyrrole nitrogens is 1. The van der Waals surface area contributed by atoms with E-state index in [9.17, 15) is 9.59 Å². The second-order valence-corrected chi connectivity index (χ2v) is 5.57. The van der Waals surface area contributed by atoms with Gasteiger partial charge in [0.1, 0.15) is 0 Å². The molecular formula is C12H11BrN2O2S. The van der Waals surface area contributed by atoms with Crippen molar-refractivity contribution in [2.24, 2.45) is 0 Å².